The van der Waals surface area contributed by atoms with Gasteiger partial charge in [0.1, 0.15) is 0 Å². The number of benzene rings is 1. The van der Waals surface area contributed by atoms with Gasteiger partial charge < -0.3 is 10.0 Å². The molecule has 1 aromatic rings. The van der Waals surface area contributed by atoms with Gasteiger partial charge in [-0.3, -0.25) is 0 Å². The van der Waals surface area contributed by atoms with Gasteiger partial charge in [-0.1, -0.05) is 18.2 Å². The standard InChI is InChI=1S/C16H21F2NO/c1-5-6-7-15(16(3,17)18)19(4)14-9-8-13(11-20)12(2)10-14/h5-10,20H,11H2,1-4H3/b6-5+,15-7-. The molecule has 0 bridgehead atoms. The SMILES string of the molecule is C/C=C/C=C(\N(C)c1ccc(CO)c(C)c1)C(C)(F)F. The highest BCUT2D eigenvalue weighted by atomic mass is 19.3. The largest absolute Gasteiger partial charge is 0.392 e. The number of halogens is 2. The Kier molecular flexibility index (Phi) is 5.45. The number of rotatable bonds is 5. The van der Waals surface area contributed by atoms with E-state index < -0.39 is 5.92 Å². The summed E-state index contributed by atoms with van der Waals surface area (Å²) in [6, 6.07) is 5.27. The van der Waals surface area contributed by atoms with Gasteiger partial charge in [-0.15, -0.1) is 0 Å². The molecular formula is C16H21F2NO. The molecule has 0 aliphatic carbocycles. The van der Waals surface area contributed by atoms with Crippen molar-refractivity contribution in [1.82, 2.24) is 0 Å². The van der Waals surface area contributed by atoms with Gasteiger partial charge in [0, 0.05) is 19.7 Å². The summed E-state index contributed by atoms with van der Waals surface area (Å²) in [5.41, 5.74) is 2.26. The second-order valence-corrected chi connectivity index (χ2v) is 4.79. The van der Waals surface area contributed by atoms with Crippen LogP contribution in [0, 0.1) is 6.92 Å². The first-order valence-electron chi connectivity index (χ1n) is 6.46. The third-order valence-electron chi connectivity index (χ3n) is 3.14. The highest BCUT2D eigenvalue weighted by Crippen LogP contribution is 2.30. The van der Waals surface area contributed by atoms with Crippen LogP contribution in [0.25, 0.3) is 0 Å². The van der Waals surface area contributed by atoms with Crippen molar-refractivity contribution in [3.63, 3.8) is 0 Å². The average Bonchev–Trinajstić information content (AvgIpc) is 2.37. The lowest BCUT2D eigenvalue weighted by Crippen LogP contribution is -2.29. The number of aryl methyl sites for hydroxylation is 1. The molecule has 1 aromatic carbocycles. The van der Waals surface area contributed by atoms with Crippen molar-refractivity contribution in [2.75, 3.05) is 11.9 Å². The molecule has 20 heavy (non-hydrogen) atoms. The van der Waals surface area contributed by atoms with Crippen molar-refractivity contribution in [3.05, 3.63) is 53.3 Å². The second kappa shape index (κ2) is 6.66. The zero-order valence-corrected chi connectivity index (χ0v) is 12.3. The van der Waals surface area contributed by atoms with E-state index >= 15 is 0 Å². The monoisotopic (exact) mass is 281 g/mol. The molecule has 2 nitrogen and oxygen atoms in total. The van der Waals surface area contributed by atoms with Crippen LogP contribution in [-0.2, 0) is 6.61 Å². The lowest BCUT2D eigenvalue weighted by Gasteiger charge is -2.27. The zero-order valence-electron chi connectivity index (χ0n) is 12.3. The van der Waals surface area contributed by atoms with E-state index in [1.54, 1.807) is 44.3 Å². The number of hydrogen-bond donors (Lipinski definition) is 1. The Morgan fingerprint density at radius 2 is 2.05 bits per heavy atom. The Morgan fingerprint density at radius 1 is 1.40 bits per heavy atom. The van der Waals surface area contributed by atoms with E-state index in [0.29, 0.717) is 5.69 Å². The lowest BCUT2D eigenvalue weighted by molar-refractivity contribution is 0.0611. The number of anilines is 1. The van der Waals surface area contributed by atoms with Crippen LogP contribution in [-0.4, -0.2) is 18.1 Å². The molecular weight excluding hydrogens is 260 g/mol. The van der Waals surface area contributed by atoms with E-state index in [0.717, 1.165) is 18.1 Å². The molecule has 1 rings (SSSR count). The second-order valence-electron chi connectivity index (χ2n) is 4.79. The number of hydrogen-bond acceptors (Lipinski definition) is 2. The summed E-state index contributed by atoms with van der Waals surface area (Å²) in [6.07, 6.45) is 4.72. The number of allylic oxidation sites excluding steroid dienone is 4. The summed E-state index contributed by atoms with van der Waals surface area (Å²) in [6.45, 7) is 4.46. The van der Waals surface area contributed by atoms with E-state index in [2.05, 4.69) is 0 Å². The van der Waals surface area contributed by atoms with Crippen molar-refractivity contribution in [2.24, 2.45) is 0 Å². The Balaban J connectivity index is 3.19. The maximum Gasteiger partial charge on any atom is 0.285 e. The van der Waals surface area contributed by atoms with Crippen molar-refractivity contribution in [3.8, 4) is 0 Å². The number of nitrogens with zero attached hydrogens (tertiary/aromatic N) is 1. The fourth-order valence-electron chi connectivity index (χ4n) is 1.95. The summed E-state index contributed by atoms with van der Waals surface area (Å²) in [5.74, 6) is -2.93. The summed E-state index contributed by atoms with van der Waals surface area (Å²) in [4.78, 5) is 1.47. The minimum Gasteiger partial charge on any atom is -0.392 e. The topological polar surface area (TPSA) is 23.5 Å². The Labute approximate surface area is 119 Å². The van der Waals surface area contributed by atoms with Gasteiger partial charge in [-0.25, -0.2) is 8.78 Å². The molecule has 0 atom stereocenters. The lowest BCUT2D eigenvalue weighted by atomic mass is 10.1. The van der Waals surface area contributed by atoms with Gasteiger partial charge in [0.25, 0.3) is 5.92 Å². The highest BCUT2D eigenvalue weighted by Gasteiger charge is 2.30. The smallest absolute Gasteiger partial charge is 0.285 e. The van der Waals surface area contributed by atoms with E-state index in [9.17, 15) is 8.78 Å². The predicted octanol–water partition coefficient (Wildman–Crippen LogP) is 4.04. The van der Waals surface area contributed by atoms with Crippen LogP contribution in [0.4, 0.5) is 14.5 Å². The summed E-state index contributed by atoms with van der Waals surface area (Å²) in [5, 5.41) is 9.15. The minimum atomic E-state index is -2.93. The summed E-state index contributed by atoms with van der Waals surface area (Å²) in [7, 11) is 1.61. The molecule has 0 aromatic heterocycles. The third kappa shape index (κ3) is 3.90. The molecule has 0 spiro atoms. The fourth-order valence-corrected chi connectivity index (χ4v) is 1.95. The first-order chi connectivity index (χ1) is 9.31. The van der Waals surface area contributed by atoms with Crippen molar-refractivity contribution in [1.29, 1.82) is 0 Å². The molecule has 0 aliphatic rings. The fraction of sp³-hybridized carbons (Fsp3) is 0.375. The molecule has 1 N–H and O–H groups in total. The van der Waals surface area contributed by atoms with Gasteiger partial charge >= 0.3 is 0 Å². The van der Waals surface area contributed by atoms with Crippen LogP contribution in [0.2, 0.25) is 0 Å². The average molecular weight is 281 g/mol. The quantitative estimate of drug-likeness (QED) is 0.823. The Hall–Kier alpha value is -1.68. The Morgan fingerprint density at radius 3 is 2.50 bits per heavy atom. The molecule has 110 valence electrons. The molecule has 0 radical (unpaired) electrons. The summed E-state index contributed by atoms with van der Waals surface area (Å²) >= 11 is 0. The zero-order chi connectivity index (χ0) is 15.3. The van der Waals surface area contributed by atoms with Crippen LogP contribution >= 0.6 is 0 Å². The first kappa shape index (κ1) is 16.4. The normalized spacial score (nSPS) is 13.1. The molecule has 0 amide bonds. The van der Waals surface area contributed by atoms with E-state index in [-0.39, 0.29) is 12.3 Å². The predicted molar refractivity (Wildman–Crippen MR) is 79.0 cm³/mol. The van der Waals surface area contributed by atoms with Gasteiger partial charge in [0.2, 0.25) is 0 Å². The number of aliphatic hydroxyl groups is 1. The minimum absolute atomic E-state index is 0.0545. The first-order valence-corrected chi connectivity index (χ1v) is 6.46. The van der Waals surface area contributed by atoms with Crippen molar-refractivity contribution >= 4 is 5.69 Å². The van der Waals surface area contributed by atoms with Crippen LogP contribution in [0.5, 0.6) is 0 Å². The van der Waals surface area contributed by atoms with Crippen molar-refractivity contribution in [2.45, 2.75) is 33.3 Å². The Bertz CT molecular complexity index is 516. The van der Waals surface area contributed by atoms with Gasteiger partial charge in [0.15, 0.2) is 0 Å². The van der Waals surface area contributed by atoms with Crippen LogP contribution in [0.1, 0.15) is 25.0 Å². The van der Waals surface area contributed by atoms with Gasteiger partial charge in [-0.2, -0.15) is 0 Å². The maximum absolute atomic E-state index is 13.7. The van der Waals surface area contributed by atoms with Crippen LogP contribution in [0.3, 0.4) is 0 Å². The maximum atomic E-state index is 13.7. The van der Waals surface area contributed by atoms with Gasteiger partial charge in [-0.05, 0) is 43.2 Å². The molecule has 0 unspecified atom stereocenters. The molecule has 0 aliphatic heterocycles. The number of alkyl halides is 2. The van der Waals surface area contributed by atoms with Crippen LogP contribution < -0.4 is 4.90 Å². The van der Waals surface area contributed by atoms with Crippen molar-refractivity contribution < 1.29 is 13.9 Å². The molecule has 4 heteroatoms. The highest BCUT2D eigenvalue weighted by molar-refractivity contribution is 5.56. The van der Waals surface area contributed by atoms with E-state index in [1.807, 2.05) is 6.92 Å². The molecule has 0 saturated carbocycles. The van der Waals surface area contributed by atoms with Crippen LogP contribution in [0.15, 0.2) is 42.1 Å². The van der Waals surface area contributed by atoms with E-state index in [4.69, 9.17) is 5.11 Å². The molecule has 0 fully saturated rings. The third-order valence-corrected chi connectivity index (χ3v) is 3.14. The molecule has 0 saturated heterocycles. The van der Waals surface area contributed by atoms with Gasteiger partial charge in [0.05, 0.1) is 12.3 Å². The number of aliphatic hydroxyl groups excluding tert-OH is 1. The summed E-state index contributed by atoms with van der Waals surface area (Å²) < 4.78 is 27.4. The van der Waals surface area contributed by atoms with E-state index in [1.165, 1.54) is 11.0 Å². The molecule has 0 heterocycles.